The molecule has 0 bridgehead atoms. The van der Waals surface area contributed by atoms with Crippen LogP contribution < -0.4 is 0 Å². The molecule has 0 saturated heterocycles. The summed E-state index contributed by atoms with van der Waals surface area (Å²) >= 11 is 0. The molecule has 0 spiro atoms. The topological polar surface area (TPSA) is 43.4 Å². The van der Waals surface area contributed by atoms with Crippen molar-refractivity contribution in [1.29, 1.82) is 0 Å². The first-order valence-corrected chi connectivity index (χ1v) is 5.77. The second kappa shape index (κ2) is 4.32. The van der Waals surface area contributed by atoms with E-state index in [4.69, 9.17) is 0 Å². The van der Waals surface area contributed by atoms with E-state index >= 15 is 0 Å². The lowest BCUT2D eigenvalue weighted by atomic mass is 9.79. The van der Waals surface area contributed by atoms with Crippen LogP contribution in [-0.2, 0) is 19.7 Å². The zero-order valence-electron chi connectivity index (χ0n) is 10.1. The predicted octanol–water partition coefficient (Wildman–Crippen LogP) is 2.10. The van der Waals surface area contributed by atoms with Crippen molar-refractivity contribution < 1.29 is 14.3 Å². The number of hydrogen-bond acceptors (Lipinski definition) is 3. The standard InChI is InChI=1S/C14H16O3/c1-14(10-6-4-3-5-7-10)9-8-11(12(14)15)13(16)17-2/h3-7,11H,8-9H2,1-2H3. The van der Waals surface area contributed by atoms with E-state index in [0.717, 1.165) is 5.56 Å². The third kappa shape index (κ3) is 1.86. The molecular weight excluding hydrogens is 216 g/mol. The summed E-state index contributed by atoms with van der Waals surface area (Å²) in [5, 5.41) is 0. The number of benzene rings is 1. The molecule has 1 aliphatic carbocycles. The molecule has 0 amide bonds. The number of methoxy groups -OCH3 is 1. The Bertz CT molecular complexity index is 438. The van der Waals surface area contributed by atoms with Gasteiger partial charge in [0.15, 0.2) is 5.78 Å². The SMILES string of the molecule is COC(=O)C1CCC(C)(c2ccccc2)C1=O. The number of esters is 1. The highest BCUT2D eigenvalue weighted by molar-refractivity contribution is 6.06. The smallest absolute Gasteiger partial charge is 0.316 e. The minimum atomic E-state index is -0.592. The van der Waals surface area contributed by atoms with E-state index in [9.17, 15) is 9.59 Å². The molecule has 1 fully saturated rings. The average Bonchev–Trinajstić information content (AvgIpc) is 2.68. The van der Waals surface area contributed by atoms with Gasteiger partial charge in [0.1, 0.15) is 5.92 Å². The van der Waals surface area contributed by atoms with E-state index in [1.807, 2.05) is 37.3 Å². The monoisotopic (exact) mass is 232 g/mol. The van der Waals surface area contributed by atoms with Gasteiger partial charge in [-0.15, -0.1) is 0 Å². The molecule has 2 atom stereocenters. The molecule has 0 heterocycles. The fourth-order valence-electron chi connectivity index (χ4n) is 2.53. The number of carbonyl (C=O) groups excluding carboxylic acids is 2. The summed E-state index contributed by atoms with van der Waals surface area (Å²) in [6, 6.07) is 9.64. The largest absolute Gasteiger partial charge is 0.468 e. The first kappa shape index (κ1) is 11.8. The van der Waals surface area contributed by atoms with Gasteiger partial charge in [0.2, 0.25) is 0 Å². The lowest BCUT2D eigenvalue weighted by Gasteiger charge is -2.22. The normalized spacial score (nSPS) is 28.1. The third-order valence-electron chi connectivity index (χ3n) is 3.69. The fraction of sp³-hybridized carbons (Fsp3) is 0.429. The van der Waals surface area contributed by atoms with Gasteiger partial charge in [-0.2, -0.15) is 0 Å². The van der Waals surface area contributed by atoms with Gasteiger partial charge in [0, 0.05) is 0 Å². The van der Waals surface area contributed by atoms with E-state index in [-0.39, 0.29) is 5.78 Å². The van der Waals surface area contributed by atoms with Crippen LogP contribution in [0, 0.1) is 5.92 Å². The Balaban J connectivity index is 2.30. The Morgan fingerprint density at radius 3 is 2.59 bits per heavy atom. The maximum Gasteiger partial charge on any atom is 0.316 e. The van der Waals surface area contributed by atoms with Crippen LogP contribution in [0.4, 0.5) is 0 Å². The zero-order valence-corrected chi connectivity index (χ0v) is 10.1. The van der Waals surface area contributed by atoms with Crippen molar-refractivity contribution in [2.45, 2.75) is 25.2 Å². The molecular formula is C14H16O3. The van der Waals surface area contributed by atoms with Crippen LogP contribution in [0.1, 0.15) is 25.3 Å². The van der Waals surface area contributed by atoms with Crippen LogP contribution in [0.15, 0.2) is 30.3 Å². The molecule has 0 aliphatic heterocycles. The first-order chi connectivity index (χ1) is 8.09. The molecule has 1 saturated carbocycles. The molecule has 90 valence electrons. The van der Waals surface area contributed by atoms with Crippen LogP contribution in [0.3, 0.4) is 0 Å². The lowest BCUT2D eigenvalue weighted by Crippen LogP contribution is -2.33. The van der Waals surface area contributed by atoms with E-state index in [1.54, 1.807) is 0 Å². The molecule has 1 aromatic rings. The van der Waals surface area contributed by atoms with Crippen LogP contribution in [0.2, 0.25) is 0 Å². The van der Waals surface area contributed by atoms with Gasteiger partial charge in [-0.25, -0.2) is 0 Å². The Morgan fingerprint density at radius 2 is 2.00 bits per heavy atom. The second-order valence-electron chi connectivity index (χ2n) is 4.68. The van der Waals surface area contributed by atoms with E-state index in [1.165, 1.54) is 7.11 Å². The summed E-state index contributed by atoms with van der Waals surface area (Å²) in [6.45, 7) is 1.91. The third-order valence-corrected chi connectivity index (χ3v) is 3.69. The molecule has 3 heteroatoms. The maximum absolute atomic E-state index is 12.3. The van der Waals surface area contributed by atoms with Crippen molar-refractivity contribution in [1.82, 2.24) is 0 Å². The van der Waals surface area contributed by atoms with Gasteiger partial charge >= 0.3 is 5.97 Å². The highest BCUT2D eigenvalue weighted by Gasteiger charge is 2.48. The van der Waals surface area contributed by atoms with Gasteiger partial charge in [-0.05, 0) is 25.3 Å². The van der Waals surface area contributed by atoms with Crippen LogP contribution in [-0.4, -0.2) is 18.9 Å². The van der Waals surface area contributed by atoms with E-state index in [2.05, 4.69) is 4.74 Å². The van der Waals surface area contributed by atoms with Crippen molar-refractivity contribution in [3.8, 4) is 0 Å². The van der Waals surface area contributed by atoms with E-state index in [0.29, 0.717) is 12.8 Å². The summed E-state index contributed by atoms with van der Waals surface area (Å²) < 4.78 is 4.67. The van der Waals surface area contributed by atoms with Gasteiger partial charge in [-0.1, -0.05) is 30.3 Å². The van der Waals surface area contributed by atoms with Crippen molar-refractivity contribution in [3.63, 3.8) is 0 Å². The molecule has 0 N–H and O–H groups in total. The molecule has 17 heavy (non-hydrogen) atoms. The average molecular weight is 232 g/mol. The van der Waals surface area contributed by atoms with Crippen LogP contribution in [0.5, 0.6) is 0 Å². The van der Waals surface area contributed by atoms with Crippen molar-refractivity contribution in [2.24, 2.45) is 5.92 Å². The Kier molecular flexibility index (Phi) is 3.01. The number of Topliss-reactive ketones (excluding diaryl/α,β-unsaturated/α-hetero) is 1. The maximum atomic E-state index is 12.3. The number of ketones is 1. The number of rotatable bonds is 2. The van der Waals surface area contributed by atoms with Gasteiger partial charge < -0.3 is 4.74 Å². The summed E-state index contributed by atoms with van der Waals surface area (Å²) in [4.78, 5) is 23.8. The van der Waals surface area contributed by atoms with E-state index < -0.39 is 17.3 Å². The Morgan fingerprint density at radius 1 is 1.35 bits per heavy atom. The molecule has 2 rings (SSSR count). The molecule has 1 aliphatic rings. The number of carbonyl (C=O) groups is 2. The van der Waals surface area contributed by atoms with Gasteiger partial charge in [-0.3, -0.25) is 9.59 Å². The second-order valence-corrected chi connectivity index (χ2v) is 4.68. The van der Waals surface area contributed by atoms with Gasteiger partial charge in [0.25, 0.3) is 0 Å². The molecule has 2 unspecified atom stereocenters. The summed E-state index contributed by atoms with van der Waals surface area (Å²) in [6.07, 6.45) is 1.28. The zero-order chi connectivity index (χ0) is 12.5. The van der Waals surface area contributed by atoms with Gasteiger partial charge in [0.05, 0.1) is 12.5 Å². The number of hydrogen-bond donors (Lipinski definition) is 0. The molecule has 0 aromatic heterocycles. The summed E-state index contributed by atoms with van der Waals surface area (Å²) in [7, 11) is 1.33. The van der Waals surface area contributed by atoms with Crippen molar-refractivity contribution in [3.05, 3.63) is 35.9 Å². The first-order valence-electron chi connectivity index (χ1n) is 5.77. The lowest BCUT2D eigenvalue weighted by molar-refractivity contribution is -0.148. The Hall–Kier alpha value is -1.64. The highest BCUT2D eigenvalue weighted by Crippen LogP contribution is 2.41. The minimum absolute atomic E-state index is 0.0180. The highest BCUT2D eigenvalue weighted by atomic mass is 16.5. The Labute approximate surface area is 101 Å². The molecule has 1 aromatic carbocycles. The predicted molar refractivity (Wildman–Crippen MR) is 63.5 cm³/mol. The fourth-order valence-corrected chi connectivity index (χ4v) is 2.53. The van der Waals surface area contributed by atoms with Crippen LogP contribution >= 0.6 is 0 Å². The summed E-state index contributed by atoms with van der Waals surface area (Å²) in [5.41, 5.74) is 0.441. The molecule has 3 nitrogen and oxygen atoms in total. The summed E-state index contributed by atoms with van der Waals surface area (Å²) in [5.74, 6) is -1.02. The number of ether oxygens (including phenoxy) is 1. The van der Waals surface area contributed by atoms with Crippen molar-refractivity contribution in [2.75, 3.05) is 7.11 Å². The molecule has 0 radical (unpaired) electrons. The quantitative estimate of drug-likeness (QED) is 0.579. The van der Waals surface area contributed by atoms with Crippen molar-refractivity contribution >= 4 is 11.8 Å². The minimum Gasteiger partial charge on any atom is -0.468 e. The van der Waals surface area contributed by atoms with Crippen LogP contribution in [0.25, 0.3) is 0 Å².